The van der Waals surface area contributed by atoms with Gasteiger partial charge in [0.05, 0.1) is 17.0 Å². The molecule has 3 aromatic rings. The molecule has 33 heavy (non-hydrogen) atoms. The minimum Gasteiger partial charge on any atom is -0.494 e. The molecular formula is C25H31N3O4S. The van der Waals surface area contributed by atoms with Crippen LogP contribution in [0.5, 0.6) is 5.75 Å². The molecule has 1 aromatic heterocycles. The maximum absolute atomic E-state index is 13.8. The summed E-state index contributed by atoms with van der Waals surface area (Å²) < 4.78 is 34.4. The summed E-state index contributed by atoms with van der Waals surface area (Å²) in [6.07, 6.45) is 0. The quantitative estimate of drug-likeness (QED) is 0.549. The summed E-state index contributed by atoms with van der Waals surface area (Å²) in [4.78, 5) is 17.6. The van der Waals surface area contributed by atoms with Crippen LogP contribution in [0.3, 0.4) is 0 Å². The van der Waals surface area contributed by atoms with Gasteiger partial charge in [-0.25, -0.2) is 12.4 Å². The zero-order valence-corrected chi connectivity index (χ0v) is 20.4. The van der Waals surface area contributed by atoms with Crippen molar-refractivity contribution in [3.8, 4) is 5.75 Å². The van der Waals surface area contributed by atoms with E-state index in [0.29, 0.717) is 42.3 Å². The van der Waals surface area contributed by atoms with Gasteiger partial charge in [0, 0.05) is 31.6 Å². The first-order valence-corrected chi connectivity index (χ1v) is 12.8. The largest absolute Gasteiger partial charge is 0.494 e. The summed E-state index contributed by atoms with van der Waals surface area (Å²) in [6, 6.07) is 13.8. The normalized spacial score (nSPS) is 15.4. The molecule has 4 rings (SSSR count). The van der Waals surface area contributed by atoms with Crippen LogP contribution in [0.4, 0.5) is 0 Å². The standard InChI is InChI=1S/C25H31N3O4S/c1-5-32-21-8-11-23-20(16-21)17-24(25(29)27-14-12-26(4)13-15-27)28(23)33(30,31)22-9-6-19(7-10-22)18(2)3/h6-11,16-18H,5,12-15H2,1-4H3. The first-order chi connectivity index (χ1) is 15.7. The average molecular weight is 470 g/mol. The van der Waals surface area contributed by atoms with Gasteiger partial charge >= 0.3 is 0 Å². The Morgan fingerprint density at radius 2 is 1.67 bits per heavy atom. The van der Waals surface area contributed by atoms with Gasteiger partial charge in [-0.3, -0.25) is 4.79 Å². The van der Waals surface area contributed by atoms with Gasteiger partial charge in [-0.1, -0.05) is 26.0 Å². The van der Waals surface area contributed by atoms with Crippen LogP contribution in [-0.4, -0.2) is 67.9 Å². The molecule has 2 aromatic carbocycles. The fraction of sp³-hybridized carbons (Fsp3) is 0.400. The zero-order chi connectivity index (χ0) is 23.8. The van der Waals surface area contributed by atoms with E-state index in [1.165, 1.54) is 3.97 Å². The Kier molecular flexibility index (Phi) is 6.50. The van der Waals surface area contributed by atoms with E-state index in [2.05, 4.69) is 18.7 Å². The third-order valence-corrected chi connectivity index (χ3v) is 7.88. The Hall–Kier alpha value is -2.84. The van der Waals surface area contributed by atoms with Gasteiger partial charge in [-0.05, 0) is 61.9 Å². The van der Waals surface area contributed by atoms with Crippen LogP contribution in [-0.2, 0) is 10.0 Å². The summed E-state index contributed by atoms with van der Waals surface area (Å²) in [7, 11) is -1.98. The number of benzene rings is 2. The number of fused-ring (bicyclic) bond motifs is 1. The number of ether oxygens (including phenoxy) is 1. The lowest BCUT2D eigenvalue weighted by atomic mass is 10.0. The summed E-state index contributed by atoms with van der Waals surface area (Å²) in [5.41, 5.74) is 1.67. The Labute approximate surface area is 195 Å². The topological polar surface area (TPSA) is 71.8 Å². The number of piperazine rings is 1. The summed E-state index contributed by atoms with van der Waals surface area (Å²) in [6.45, 7) is 9.14. The lowest BCUT2D eigenvalue weighted by molar-refractivity contribution is 0.0657. The molecule has 0 bridgehead atoms. The van der Waals surface area contributed by atoms with E-state index >= 15 is 0 Å². The molecule has 8 heteroatoms. The van der Waals surface area contributed by atoms with Crippen molar-refractivity contribution in [1.29, 1.82) is 0 Å². The molecule has 0 N–H and O–H groups in total. The van der Waals surface area contributed by atoms with Gasteiger partial charge in [0.15, 0.2) is 0 Å². The van der Waals surface area contributed by atoms with E-state index in [-0.39, 0.29) is 16.5 Å². The van der Waals surface area contributed by atoms with Crippen molar-refractivity contribution >= 4 is 26.8 Å². The van der Waals surface area contributed by atoms with E-state index in [1.807, 2.05) is 26.1 Å². The van der Waals surface area contributed by atoms with Gasteiger partial charge in [-0.15, -0.1) is 0 Å². The van der Waals surface area contributed by atoms with Crippen molar-refractivity contribution in [3.05, 3.63) is 59.8 Å². The number of nitrogens with zero attached hydrogens (tertiary/aromatic N) is 3. The smallest absolute Gasteiger partial charge is 0.271 e. The molecule has 2 heterocycles. The van der Waals surface area contributed by atoms with Crippen molar-refractivity contribution in [2.24, 2.45) is 0 Å². The molecule has 1 saturated heterocycles. The highest BCUT2D eigenvalue weighted by Gasteiger charge is 2.30. The predicted molar refractivity (Wildman–Crippen MR) is 130 cm³/mol. The van der Waals surface area contributed by atoms with Gasteiger partial charge in [0.1, 0.15) is 11.4 Å². The second-order valence-electron chi connectivity index (χ2n) is 8.77. The van der Waals surface area contributed by atoms with E-state index < -0.39 is 10.0 Å². The first kappa shape index (κ1) is 23.3. The number of rotatable bonds is 6. The van der Waals surface area contributed by atoms with Crippen molar-refractivity contribution in [2.45, 2.75) is 31.6 Å². The van der Waals surface area contributed by atoms with Crippen LogP contribution in [0.2, 0.25) is 0 Å². The van der Waals surface area contributed by atoms with Crippen LogP contribution in [0.25, 0.3) is 10.9 Å². The highest BCUT2D eigenvalue weighted by Crippen LogP contribution is 2.30. The van der Waals surface area contributed by atoms with Crippen molar-refractivity contribution < 1.29 is 17.9 Å². The van der Waals surface area contributed by atoms with E-state index in [9.17, 15) is 13.2 Å². The van der Waals surface area contributed by atoms with Crippen molar-refractivity contribution in [3.63, 3.8) is 0 Å². The Morgan fingerprint density at radius 1 is 1.00 bits per heavy atom. The minimum atomic E-state index is -4.00. The van der Waals surface area contributed by atoms with Crippen LogP contribution >= 0.6 is 0 Å². The van der Waals surface area contributed by atoms with E-state index in [0.717, 1.165) is 18.7 Å². The second kappa shape index (κ2) is 9.19. The number of carbonyl (C=O) groups excluding carboxylic acids is 1. The number of hydrogen-bond donors (Lipinski definition) is 0. The maximum atomic E-state index is 13.8. The fourth-order valence-corrected chi connectivity index (χ4v) is 5.64. The molecule has 7 nitrogen and oxygen atoms in total. The predicted octanol–water partition coefficient (Wildman–Crippen LogP) is 3.79. The summed E-state index contributed by atoms with van der Waals surface area (Å²) in [5, 5.41) is 0.654. The lowest BCUT2D eigenvalue weighted by Gasteiger charge is -2.32. The molecule has 1 fully saturated rings. The monoisotopic (exact) mass is 469 g/mol. The minimum absolute atomic E-state index is 0.149. The maximum Gasteiger partial charge on any atom is 0.271 e. The molecule has 0 saturated carbocycles. The second-order valence-corrected chi connectivity index (χ2v) is 10.6. The van der Waals surface area contributed by atoms with Gasteiger partial charge in [0.25, 0.3) is 15.9 Å². The molecule has 1 aliphatic rings. The molecule has 0 radical (unpaired) electrons. The van der Waals surface area contributed by atoms with Gasteiger partial charge in [0.2, 0.25) is 0 Å². The number of likely N-dealkylation sites (N-methyl/N-ethyl adjacent to an activating group) is 1. The lowest BCUT2D eigenvalue weighted by Crippen LogP contribution is -2.47. The number of amides is 1. The molecule has 0 aliphatic carbocycles. The van der Waals surface area contributed by atoms with Crippen molar-refractivity contribution in [1.82, 2.24) is 13.8 Å². The summed E-state index contributed by atoms with van der Waals surface area (Å²) in [5.74, 6) is 0.652. The van der Waals surface area contributed by atoms with Gasteiger partial charge < -0.3 is 14.5 Å². The number of aromatic nitrogens is 1. The fourth-order valence-electron chi connectivity index (χ4n) is 4.13. The molecule has 0 unspecified atom stereocenters. The Bertz CT molecular complexity index is 1250. The highest BCUT2D eigenvalue weighted by molar-refractivity contribution is 7.90. The molecule has 0 atom stereocenters. The van der Waals surface area contributed by atoms with Crippen LogP contribution in [0.1, 0.15) is 42.7 Å². The van der Waals surface area contributed by atoms with Crippen LogP contribution < -0.4 is 4.74 Å². The molecular weight excluding hydrogens is 438 g/mol. The van der Waals surface area contributed by atoms with Gasteiger partial charge in [-0.2, -0.15) is 0 Å². The third-order valence-electron chi connectivity index (χ3n) is 6.13. The molecule has 176 valence electrons. The van der Waals surface area contributed by atoms with E-state index in [1.54, 1.807) is 41.3 Å². The Balaban J connectivity index is 1.85. The van der Waals surface area contributed by atoms with Crippen LogP contribution in [0, 0.1) is 0 Å². The Morgan fingerprint density at radius 3 is 2.27 bits per heavy atom. The summed E-state index contributed by atoms with van der Waals surface area (Å²) >= 11 is 0. The number of hydrogen-bond acceptors (Lipinski definition) is 5. The molecule has 0 spiro atoms. The van der Waals surface area contributed by atoms with Crippen LogP contribution in [0.15, 0.2) is 53.4 Å². The van der Waals surface area contributed by atoms with Crippen molar-refractivity contribution in [2.75, 3.05) is 39.8 Å². The zero-order valence-electron chi connectivity index (χ0n) is 19.6. The SMILES string of the molecule is CCOc1ccc2c(c1)cc(C(=O)N1CCN(C)CC1)n2S(=O)(=O)c1ccc(C(C)C)cc1. The highest BCUT2D eigenvalue weighted by atomic mass is 32.2. The molecule has 1 aliphatic heterocycles. The number of carbonyl (C=O) groups is 1. The van der Waals surface area contributed by atoms with E-state index in [4.69, 9.17) is 4.74 Å². The first-order valence-electron chi connectivity index (χ1n) is 11.3. The molecule has 1 amide bonds. The average Bonchev–Trinajstić information content (AvgIpc) is 3.19. The third kappa shape index (κ3) is 4.50.